The Labute approximate surface area is 182 Å². The highest BCUT2D eigenvalue weighted by molar-refractivity contribution is 6.42. The number of aromatic nitrogens is 2. The smallest absolute Gasteiger partial charge is 0.254 e. The first-order chi connectivity index (χ1) is 13.4. The van der Waals surface area contributed by atoms with Crippen molar-refractivity contribution < 1.29 is 9.59 Å². The number of hydrogen-bond donors (Lipinski definition) is 1. The Hall–Kier alpha value is -2.05. The lowest BCUT2D eigenvalue weighted by atomic mass is 9.92. The van der Waals surface area contributed by atoms with Gasteiger partial charge in [-0.15, -0.1) is 0 Å². The highest BCUT2D eigenvalue weighted by Gasteiger charge is 2.23. The summed E-state index contributed by atoms with van der Waals surface area (Å²) in [6.07, 6.45) is 0. The molecule has 158 valence electrons. The van der Waals surface area contributed by atoms with E-state index >= 15 is 0 Å². The fraction of sp³-hybridized carbons (Fsp3) is 0.476. The Kier molecular flexibility index (Phi) is 7.35. The van der Waals surface area contributed by atoms with E-state index in [9.17, 15) is 9.59 Å². The van der Waals surface area contributed by atoms with E-state index in [4.69, 9.17) is 23.2 Å². The normalized spacial score (nSPS) is 11.6. The first kappa shape index (κ1) is 23.2. The van der Waals surface area contributed by atoms with E-state index in [1.807, 2.05) is 19.9 Å². The Balaban J connectivity index is 2.17. The van der Waals surface area contributed by atoms with Crippen molar-refractivity contribution in [3.05, 3.63) is 45.6 Å². The number of amides is 2. The van der Waals surface area contributed by atoms with Crippen molar-refractivity contribution in [1.82, 2.24) is 14.7 Å². The SMILES string of the molecule is CC(C)CN(CC(=O)Nc1cc(C(C)(C)C)nn1C)C(=O)c1ccc(Cl)c(Cl)c1. The lowest BCUT2D eigenvalue weighted by Gasteiger charge is -2.24. The molecule has 0 atom stereocenters. The summed E-state index contributed by atoms with van der Waals surface area (Å²) in [5.41, 5.74) is 1.14. The van der Waals surface area contributed by atoms with Crippen molar-refractivity contribution in [2.45, 2.75) is 40.0 Å². The molecule has 1 N–H and O–H groups in total. The maximum atomic E-state index is 13.0. The van der Waals surface area contributed by atoms with Gasteiger partial charge in [0.25, 0.3) is 5.91 Å². The molecule has 0 saturated heterocycles. The van der Waals surface area contributed by atoms with E-state index < -0.39 is 0 Å². The van der Waals surface area contributed by atoms with Gasteiger partial charge in [-0.3, -0.25) is 14.3 Å². The molecule has 1 aromatic carbocycles. The zero-order valence-electron chi connectivity index (χ0n) is 17.7. The lowest BCUT2D eigenvalue weighted by Crippen LogP contribution is -2.40. The second-order valence-electron chi connectivity index (χ2n) is 8.55. The lowest BCUT2D eigenvalue weighted by molar-refractivity contribution is -0.117. The fourth-order valence-electron chi connectivity index (χ4n) is 2.78. The molecule has 8 heteroatoms. The molecule has 0 bridgehead atoms. The van der Waals surface area contributed by atoms with Crippen LogP contribution in [-0.2, 0) is 17.3 Å². The maximum absolute atomic E-state index is 13.0. The monoisotopic (exact) mass is 438 g/mol. The van der Waals surface area contributed by atoms with Crippen LogP contribution in [0.2, 0.25) is 10.0 Å². The minimum Gasteiger partial charge on any atom is -0.329 e. The average molecular weight is 439 g/mol. The minimum absolute atomic E-state index is 0.0761. The number of aryl methyl sites for hydroxylation is 1. The molecule has 1 aromatic heterocycles. The fourth-order valence-corrected chi connectivity index (χ4v) is 3.08. The maximum Gasteiger partial charge on any atom is 0.254 e. The van der Waals surface area contributed by atoms with Crippen LogP contribution >= 0.6 is 23.2 Å². The summed E-state index contributed by atoms with van der Waals surface area (Å²) in [5.74, 6) is 0.223. The molecule has 0 spiro atoms. The van der Waals surface area contributed by atoms with Gasteiger partial charge < -0.3 is 10.2 Å². The van der Waals surface area contributed by atoms with E-state index in [2.05, 4.69) is 31.2 Å². The van der Waals surface area contributed by atoms with Crippen LogP contribution in [-0.4, -0.2) is 39.6 Å². The molecule has 0 saturated carbocycles. The number of nitrogens with zero attached hydrogens (tertiary/aromatic N) is 3. The van der Waals surface area contributed by atoms with E-state index in [1.54, 1.807) is 23.9 Å². The summed E-state index contributed by atoms with van der Waals surface area (Å²) in [6, 6.07) is 6.56. The number of hydrogen-bond acceptors (Lipinski definition) is 3. The van der Waals surface area contributed by atoms with Crippen molar-refractivity contribution in [3.8, 4) is 0 Å². The molecular weight excluding hydrogens is 411 g/mol. The Morgan fingerprint density at radius 2 is 1.83 bits per heavy atom. The van der Waals surface area contributed by atoms with Crippen LogP contribution in [0.25, 0.3) is 0 Å². The Bertz CT molecular complexity index is 901. The van der Waals surface area contributed by atoms with Crippen molar-refractivity contribution in [3.63, 3.8) is 0 Å². The zero-order valence-corrected chi connectivity index (χ0v) is 19.2. The van der Waals surface area contributed by atoms with Gasteiger partial charge in [0.05, 0.1) is 15.7 Å². The quantitative estimate of drug-likeness (QED) is 0.706. The number of carbonyl (C=O) groups is 2. The van der Waals surface area contributed by atoms with E-state index in [0.29, 0.717) is 28.0 Å². The third-order valence-electron chi connectivity index (χ3n) is 4.29. The van der Waals surface area contributed by atoms with Crippen LogP contribution in [0.1, 0.15) is 50.7 Å². The van der Waals surface area contributed by atoms with Gasteiger partial charge in [-0.25, -0.2) is 0 Å². The summed E-state index contributed by atoms with van der Waals surface area (Å²) in [4.78, 5) is 27.2. The third-order valence-corrected chi connectivity index (χ3v) is 5.03. The minimum atomic E-state index is -0.289. The standard InChI is InChI=1S/C21H28Cl2N4O2/c1-13(2)11-27(20(29)14-7-8-15(22)16(23)9-14)12-19(28)24-18-10-17(21(3,4)5)25-26(18)6/h7-10,13H,11-12H2,1-6H3,(H,24,28). The predicted octanol–water partition coefficient (Wildman–Crippen LogP) is 4.76. The molecule has 0 fully saturated rings. The van der Waals surface area contributed by atoms with Crippen molar-refractivity contribution >= 4 is 40.8 Å². The summed E-state index contributed by atoms with van der Waals surface area (Å²) in [7, 11) is 1.78. The van der Waals surface area contributed by atoms with Gasteiger partial charge in [-0.2, -0.15) is 5.10 Å². The van der Waals surface area contributed by atoms with Gasteiger partial charge in [0.2, 0.25) is 5.91 Å². The van der Waals surface area contributed by atoms with Crippen LogP contribution < -0.4 is 5.32 Å². The second kappa shape index (κ2) is 9.18. The number of rotatable bonds is 6. The van der Waals surface area contributed by atoms with Gasteiger partial charge in [0.1, 0.15) is 12.4 Å². The molecule has 2 amide bonds. The molecule has 2 aromatic rings. The van der Waals surface area contributed by atoms with E-state index in [-0.39, 0.29) is 29.7 Å². The average Bonchev–Trinajstić information content (AvgIpc) is 2.96. The molecule has 0 aliphatic rings. The van der Waals surface area contributed by atoms with Crippen molar-refractivity contribution in [1.29, 1.82) is 0 Å². The molecule has 29 heavy (non-hydrogen) atoms. The molecule has 0 radical (unpaired) electrons. The van der Waals surface area contributed by atoms with E-state index in [0.717, 1.165) is 5.69 Å². The third kappa shape index (κ3) is 6.21. The summed E-state index contributed by atoms with van der Waals surface area (Å²) >= 11 is 12.0. The highest BCUT2D eigenvalue weighted by atomic mass is 35.5. The van der Waals surface area contributed by atoms with Gasteiger partial charge in [-0.05, 0) is 24.1 Å². The van der Waals surface area contributed by atoms with Crippen LogP contribution in [0.5, 0.6) is 0 Å². The predicted molar refractivity (Wildman–Crippen MR) is 118 cm³/mol. The molecule has 0 aliphatic heterocycles. The molecule has 6 nitrogen and oxygen atoms in total. The largest absolute Gasteiger partial charge is 0.329 e. The summed E-state index contributed by atoms with van der Waals surface area (Å²) in [5, 5.41) is 7.99. The van der Waals surface area contributed by atoms with Gasteiger partial charge >= 0.3 is 0 Å². The van der Waals surface area contributed by atoms with Crippen LogP contribution in [0.3, 0.4) is 0 Å². The first-order valence-corrected chi connectivity index (χ1v) is 10.2. The zero-order chi connectivity index (χ0) is 21.9. The number of benzene rings is 1. The molecule has 0 aliphatic carbocycles. The molecule has 0 unspecified atom stereocenters. The Morgan fingerprint density at radius 3 is 2.34 bits per heavy atom. The Morgan fingerprint density at radius 1 is 1.17 bits per heavy atom. The topological polar surface area (TPSA) is 67.2 Å². The summed E-state index contributed by atoms with van der Waals surface area (Å²) < 4.78 is 1.63. The molecule has 2 rings (SSSR count). The second-order valence-corrected chi connectivity index (χ2v) is 9.36. The van der Waals surface area contributed by atoms with Gasteiger partial charge in [0, 0.05) is 30.6 Å². The van der Waals surface area contributed by atoms with Crippen LogP contribution in [0, 0.1) is 5.92 Å². The van der Waals surface area contributed by atoms with Crippen molar-refractivity contribution in [2.24, 2.45) is 13.0 Å². The number of halogens is 2. The van der Waals surface area contributed by atoms with E-state index in [1.165, 1.54) is 11.0 Å². The number of anilines is 1. The van der Waals surface area contributed by atoms with Gasteiger partial charge in [0.15, 0.2) is 0 Å². The first-order valence-electron chi connectivity index (χ1n) is 9.47. The number of carbonyl (C=O) groups excluding carboxylic acids is 2. The van der Waals surface area contributed by atoms with Gasteiger partial charge in [-0.1, -0.05) is 57.8 Å². The highest BCUT2D eigenvalue weighted by Crippen LogP contribution is 2.24. The molecular formula is C21H28Cl2N4O2. The van der Waals surface area contributed by atoms with Crippen LogP contribution in [0.4, 0.5) is 5.82 Å². The summed E-state index contributed by atoms with van der Waals surface area (Å²) in [6.45, 7) is 10.5. The van der Waals surface area contributed by atoms with Crippen LogP contribution in [0.15, 0.2) is 24.3 Å². The molecule has 1 heterocycles. The number of nitrogens with one attached hydrogen (secondary N) is 1. The van der Waals surface area contributed by atoms with Crippen molar-refractivity contribution in [2.75, 3.05) is 18.4 Å².